The van der Waals surface area contributed by atoms with Crippen molar-refractivity contribution in [2.75, 3.05) is 13.2 Å². The van der Waals surface area contributed by atoms with Crippen molar-refractivity contribution < 1.29 is 39.6 Å². The Morgan fingerprint density at radius 1 is 0.867 bits per heavy atom. The fourth-order valence-electron chi connectivity index (χ4n) is 2.40. The number of unbranched alkanes of at least 4 members (excludes halogenated alkanes) is 1. The van der Waals surface area contributed by atoms with Gasteiger partial charge in [0.1, 0.15) is 12.1 Å². The molecule has 0 aromatic rings. The van der Waals surface area contributed by atoms with Gasteiger partial charge in [0.05, 0.1) is 24.9 Å². The van der Waals surface area contributed by atoms with Gasteiger partial charge in [0.25, 0.3) is 0 Å². The molecule has 0 spiro atoms. The fraction of sp³-hybridized carbons (Fsp3) is 0.765. The minimum atomic E-state index is -1.66. The number of amides is 3. The summed E-state index contributed by atoms with van der Waals surface area (Å²) in [5, 5.41) is 44.0. The molecule has 0 fully saturated rings. The van der Waals surface area contributed by atoms with Crippen molar-refractivity contribution in [3.8, 4) is 0 Å². The van der Waals surface area contributed by atoms with E-state index >= 15 is 0 Å². The topological polar surface area (TPSA) is 237 Å². The first-order chi connectivity index (χ1) is 14.0. The van der Waals surface area contributed by atoms with Crippen LogP contribution in [0.3, 0.4) is 0 Å². The number of aliphatic carboxylic acids is 1. The van der Waals surface area contributed by atoms with Crippen LogP contribution in [0.15, 0.2) is 0 Å². The minimum absolute atomic E-state index is 0.314. The van der Waals surface area contributed by atoms with E-state index in [4.69, 9.17) is 16.6 Å². The summed E-state index contributed by atoms with van der Waals surface area (Å²) in [5.74, 6) is -4.28. The number of nitrogens with two attached hydrogens (primary N) is 2. The van der Waals surface area contributed by atoms with Gasteiger partial charge >= 0.3 is 5.97 Å². The Hall–Kier alpha value is -2.32. The van der Waals surface area contributed by atoms with Gasteiger partial charge in [0, 0.05) is 0 Å². The zero-order chi connectivity index (χ0) is 23.4. The Morgan fingerprint density at radius 2 is 1.40 bits per heavy atom. The zero-order valence-electron chi connectivity index (χ0n) is 17.1. The largest absolute Gasteiger partial charge is 0.480 e. The lowest BCUT2D eigenvalue weighted by molar-refractivity contribution is -0.145. The lowest BCUT2D eigenvalue weighted by Gasteiger charge is -2.26. The van der Waals surface area contributed by atoms with Crippen LogP contribution in [0.25, 0.3) is 0 Å². The molecule has 0 saturated carbocycles. The molecule has 0 aliphatic carbocycles. The first kappa shape index (κ1) is 27.7. The predicted octanol–water partition coefficient (Wildman–Crippen LogP) is -4.26. The van der Waals surface area contributed by atoms with E-state index in [1.807, 2.05) is 5.32 Å². The smallest absolute Gasteiger partial charge is 0.328 e. The molecule has 13 heteroatoms. The van der Waals surface area contributed by atoms with Crippen molar-refractivity contribution in [1.82, 2.24) is 16.0 Å². The molecule has 0 bridgehead atoms. The van der Waals surface area contributed by atoms with Gasteiger partial charge in [-0.15, -0.1) is 0 Å². The van der Waals surface area contributed by atoms with Crippen LogP contribution in [0.4, 0.5) is 0 Å². The number of carbonyl (C=O) groups excluding carboxylic acids is 3. The highest BCUT2D eigenvalue weighted by atomic mass is 16.4. The molecular weight excluding hydrogens is 402 g/mol. The molecule has 6 atom stereocenters. The maximum absolute atomic E-state index is 12.4. The van der Waals surface area contributed by atoms with E-state index in [1.165, 1.54) is 6.92 Å². The fourth-order valence-corrected chi connectivity index (χ4v) is 2.40. The Kier molecular flexibility index (Phi) is 12.8. The molecule has 13 nitrogen and oxygen atoms in total. The monoisotopic (exact) mass is 435 g/mol. The first-order valence-electron chi connectivity index (χ1n) is 9.52. The average Bonchev–Trinajstić information content (AvgIpc) is 2.66. The van der Waals surface area contributed by atoms with Crippen molar-refractivity contribution >= 4 is 23.7 Å². The van der Waals surface area contributed by atoms with Gasteiger partial charge in [0.2, 0.25) is 17.7 Å². The summed E-state index contributed by atoms with van der Waals surface area (Å²) in [4.78, 5) is 47.8. The number of aliphatic hydroxyl groups is 3. The Morgan fingerprint density at radius 3 is 1.83 bits per heavy atom. The molecule has 0 rings (SSSR count). The number of carboxylic acids is 1. The quantitative estimate of drug-likeness (QED) is 0.119. The van der Waals surface area contributed by atoms with Gasteiger partial charge in [-0.05, 0) is 33.2 Å². The van der Waals surface area contributed by atoms with Crippen molar-refractivity contribution in [3.63, 3.8) is 0 Å². The Labute approximate surface area is 174 Å². The van der Waals surface area contributed by atoms with Gasteiger partial charge < -0.3 is 47.8 Å². The lowest BCUT2D eigenvalue weighted by atomic mass is 10.1. The van der Waals surface area contributed by atoms with E-state index in [1.54, 1.807) is 0 Å². The highest BCUT2D eigenvalue weighted by Gasteiger charge is 2.33. The highest BCUT2D eigenvalue weighted by molar-refractivity contribution is 5.94. The molecular formula is C17H33N5O8. The van der Waals surface area contributed by atoms with Gasteiger partial charge in [-0.25, -0.2) is 4.79 Å². The molecule has 174 valence electrons. The van der Waals surface area contributed by atoms with E-state index in [0.29, 0.717) is 25.8 Å². The SMILES string of the molecule is CC(O)C(NC(=O)C(CO)NC(=O)C(NC(=O)C(N)CCCCN)C(C)O)C(=O)O. The third-order valence-corrected chi connectivity index (χ3v) is 4.23. The molecule has 0 radical (unpaired) electrons. The minimum Gasteiger partial charge on any atom is -0.480 e. The molecule has 0 aliphatic rings. The van der Waals surface area contributed by atoms with Crippen LogP contribution >= 0.6 is 0 Å². The highest BCUT2D eigenvalue weighted by Crippen LogP contribution is 2.02. The lowest BCUT2D eigenvalue weighted by Crippen LogP contribution is -2.61. The predicted molar refractivity (Wildman–Crippen MR) is 105 cm³/mol. The number of carbonyl (C=O) groups is 4. The van der Waals surface area contributed by atoms with E-state index < -0.39 is 66.7 Å². The zero-order valence-corrected chi connectivity index (χ0v) is 17.1. The number of hydrogen-bond donors (Lipinski definition) is 9. The molecule has 6 unspecified atom stereocenters. The standard InChI is InChI=1S/C17H33N5O8/c1-8(24)12(21-14(26)10(19)5-3-4-6-18)16(28)20-11(7-23)15(27)22-13(9(2)25)17(29)30/h8-13,23-25H,3-7,18-19H2,1-2H3,(H,20,28)(H,21,26)(H,22,27)(H,29,30). The van der Waals surface area contributed by atoms with Gasteiger partial charge in [-0.1, -0.05) is 6.42 Å². The second-order valence-corrected chi connectivity index (χ2v) is 6.93. The maximum Gasteiger partial charge on any atom is 0.328 e. The molecule has 30 heavy (non-hydrogen) atoms. The van der Waals surface area contributed by atoms with Crippen molar-refractivity contribution in [2.24, 2.45) is 11.5 Å². The number of aliphatic hydroxyl groups excluding tert-OH is 3. The van der Waals surface area contributed by atoms with Crippen LogP contribution in [0.2, 0.25) is 0 Å². The molecule has 0 heterocycles. The summed E-state index contributed by atoms with van der Waals surface area (Å²) < 4.78 is 0. The molecule has 0 aromatic heterocycles. The Bertz CT molecular complexity index is 586. The normalized spacial score (nSPS) is 17.0. The van der Waals surface area contributed by atoms with Gasteiger partial charge in [0.15, 0.2) is 6.04 Å². The Balaban J connectivity index is 5.07. The number of nitrogens with one attached hydrogen (secondary N) is 3. The van der Waals surface area contributed by atoms with Crippen molar-refractivity contribution in [3.05, 3.63) is 0 Å². The van der Waals surface area contributed by atoms with Crippen LogP contribution in [-0.4, -0.2) is 93.6 Å². The van der Waals surface area contributed by atoms with Gasteiger partial charge in [-0.2, -0.15) is 0 Å². The molecule has 3 amide bonds. The van der Waals surface area contributed by atoms with E-state index in [2.05, 4.69) is 10.6 Å². The number of hydrogen-bond acceptors (Lipinski definition) is 9. The molecule has 0 saturated heterocycles. The summed E-state index contributed by atoms with van der Waals surface area (Å²) in [6.07, 6.45) is -1.23. The third kappa shape index (κ3) is 9.45. The average molecular weight is 435 g/mol. The molecule has 0 aliphatic heterocycles. The summed E-state index contributed by atoms with van der Waals surface area (Å²) in [6.45, 7) is 1.91. The van der Waals surface area contributed by atoms with E-state index in [0.717, 1.165) is 6.92 Å². The van der Waals surface area contributed by atoms with E-state index in [-0.39, 0.29) is 0 Å². The summed E-state index contributed by atoms with van der Waals surface area (Å²) in [7, 11) is 0. The number of rotatable bonds is 14. The summed E-state index contributed by atoms with van der Waals surface area (Å²) >= 11 is 0. The molecule has 0 aromatic carbocycles. The van der Waals surface area contributed by atoms with E-state index in [9.17, 15) is 34.5 Å². The maximum atomic E-state index is 12.4. The first-order valence-corrected chi connectivity index (χ1v) is 9.52. The third-order valence-electron chi connectivity index (χ3n) is 4.23. The van der Waals surface area contributed by atoms with Crippen LogP contribution in [0.1, 0.15) is 33.1 Å². The van der Waals surface area contributed by atoms with Crippen LogP contribution in [0, 0.1) is 0 Å². The van der Waals surface area contributed by atoms with Crippen molar-refractivity contribution in [2.45, 2.75) is 69.5 Å². The van der Waals surface area contributed by atoms with Crippen LogP contribution < -0.4 is 27.4 Å². The van der Waals surface area contributed by atoms with Gasteiger partial charge in [-0.3, -0.25) is 14.4 Å². The summed E-state index contributed by atoms with van der Waals surface area (Å²) in [5.41, 5.74) is 11.1. The van der Waals surface area contributed by atoms with Crippen LogP contribution in [-0.2, 0) is 19.2 Å². The van der Waals surface area contributed by atoms with Crippen LogP contribution in [0.5, 0.6) is 0 Å². The second kappa shape index (κ2) is 13.8. The molecule has 11 N–H and O–H groups in total. The second-order valence-electron chi connectivity index (χ2n) is 6.93. The summed E-state index contributed by atoms with van der Waals surface area (Å²) in [6, 6.07) is -5.67. The number of carboxylic acid groups (broad SMARTS) is 1. The van der Waals surface area contributed by atoms with Crippen molar-refractivity contribution in [1.29, 1.82) is 0 Å².